The standard InChI is InChI=1S/C18H19N5O4/c1-11-10-12(2)23(20-11)14-7-5-13(6-8-14)17(24)19-9-3-4-15-16(18(25)26)22-27-21-15/h5-8,10H,3-4,9H2,1-2H3,(H,19,24)(H,25,26). The zero-order chi connectivity index (χ0) is 19.4. The highest BCUT2D eigenvalue weighted by Crippen LogP contribution is 2.13. The Morgan fingerprint density at radius 2 is 1.93 bits per heavy atom. The zero-order valence-corrected chi connectivity index (χ0v) is 15.0. The first-order chi connectivity index (χ1) is 13.0. The average molecular weight is 369 g/mol. The Morgan fingerprint density at radius 3 is 2.56 bits per heavy atom. The number of carboxylic acids is 1. The number of nitrogens with zero attached hydrogens (tertiary/aromatic N) is 4. The molecule has 0 fully saturated rings. The van der Waals surface area contributed by atoms with E-state index >= 15 is 0 Å². The molecule has 27 heavy (non-hydrogen) atoms. The van der Waals surface area contributed by atoms with Crippen LogP contribution in [0.1, 0.15) is 44.3 Å². The van der Waals surface area contributed by atoms with Crippen LogP contribution in [0.3, 0.4) is 0 Å². The maximum Gasteiger partial charge on any atom is 0.360 e. The van der Waals surface area contributed by atoms with E-state index in [0.717, 1.165) is 17.1 Å². The molecule has 0 atom stereocenters. The second-order valence-corrected chi connectivity index (χ2v) is 6.11. The van der Waals surface area contributed by atoms with Crippen LogP contribution in [0.25, 0.3) is 5.69 Å². The van der Waals surface area contributed by atoms with Crippen LogP contribution in [0.15, 0.2) is 35.0 Å². The van der Waals surface area contributed by atoms with Crippen LogP contribution < -0.4 is 5.32 Å². The molecule has 2 N–H and O–H groups in total. The third-order valence-corrected chi connectivity index (χ3v) is 4.02. The smallest absolute Gasteiger partial charge is 0.360 e. The third kappa shape index (κ3) is 4.20. The van der Waals surface area contributed by atoms with Gasteiger partial charge in [-0.05, 0) is 62.2 Å². The number of aromatic carboxylic acids is 1. The lowest BCUT2D eigenvalue weighted by Gasteiger charge is -2.07. The van der Waals surface area contributed by atoms with Crippen molar-refractivity contribution in [2.75, 3.05) is 6.54 Å². The van der Waals surface area contributed by atoms with E-state index < -0.39 is 5.97 Å². The van der Waals surface area contributed by atoms with Crippen molar-refractivity contribution in [3.05, 3.63) is 58.7 Å². The maximum atomic E-state index is 12.2. The van der Waals surface area contributed by atoms with Gasteiger partial charge in [0.15, 0.2) is 0 Å². The van der Waals surface area contributed by atoms with Crippen molar-refractivity contribution >= 4 is 11.9 Å². The molecule has 3 aromatic rings. The lowest BCUT2D eigenvalue weighted by atomic mass is 10.1. The van der Waals surface area contributed by atoms with Crippen molar-refractivity contribution in [1.29, 1.82) is 0 Å². The summed E-state index contributed by atoms with van der Waals surface area (Å²) >= 11 is 0. The molecule has 0 unspecified atom stereocenters. The van der Waals surface area contributed by atoms with Gasteiger partial charge in [-0.3, -0.25) is 4.79 Å². The van der Waals surface area contributed by atoms with Gasteiger partial charge in [0.05, 0.1) is 11.4 Å². The molecule has 0 spiro atoms. The Bertz CT molecular complexity index is 959. The number of hydrogen-bond donors (Lipinski definition) is 2. The molecule has 0 aliphatic carbocycles. The molecule has 2 heterocycles. The highest BCUT2D eigenvalue weighted by molar-refractivity contribution is 5.94. The quantitative estimate of drug-likeness (QED) is 0.610. The molecule has 1 aromatic carbocycles. The number of aromatic nitrogens is 4. The van der Waals surface area contributed by atoms with Crippen molar-refractivity contribution in [3.63, 3.8) is 0 Å². The molecule has 2 aromatic heterocycles. The van der Waals surface area contributed by atoms with Gasteiger partial charge in [-0.1, -0.05) is 5.16 Å². The summed E-state index contributed by atoms with van der Waals surface area (Å²) in [6.07, 6.45) is 0.867. The Balaban J connectivity index is 1.53. The van der Waals surface area contributed by atoms with Crippen molar-refractivity contribution in [2.45, 2.75) is 26.7 Å². The molecule has 9 heteroatoms. The Kier molecular flexibility index (Phi) is 5.30. The highest BCUT2D eigenvalue weighted by atomic mass is 16.6. The molecule has 0 radical (unpaired) electrons. The fraction of sp³-hybridized carbons (Fsp3) is 0.278. The van der Waals surface area contributed by atoms with Crippen LogP contribution in [0.5, 0.6) is 0 Å². The number of rotatable bonds is 7. The number of amides is 1. The number of carbonyl (C=O) groups excluding carboxylic acids is 1. The summed E-state index contributed by atoms with van der Waals surface area (Å²) < 4.78 is 6.26. The largest absolute Gasteiger partial charge is 0.476 e. The molecule has 0 aliphatic rings. The van der Waals surface area contributed by atoms with Gasteiger partial charge < -0.3 is 10.4 Å². The van der Waals surface area contributed by atoms with E-state index in [1.165, 1.54) is 0 Å². The van der Waals surface area contributed by atoms with Gasteiger partial charge in [0.25, 0.3) is 5.91 Å². The number of nitrogens with one attached hydrogen (secondary N) is 1. The summed E-state index contributed by atoms with van der Waals surface area (Å²) in [7, 11) is 0. The molecule has 9 nitrogen and oxygen atoms in total. The minimum atomic E-state index is -1.18. The molecule has 3 rings (SSSR count). The Labute approximate surface area is 155 Å². The van der Waals surface area contributed by atoms with E-state index in [-0.39, 0.29) is 17.3 Å². The molecule has 0 saturated carbocycles. The predicted octanol–water partition coefficient (Wildman–Crippen LogP) is 1.93. The van der Waals surface area contributed by atoms with Gasteiger partial charge in [-0.2, -0.15) is 5.10 Å². The Morgan fingerprint density at radius 1 is 1.19 bits per heavy atom. The fourth-order valence-corrected chi connectivity index (χ4v) is 2.74. The van der Waals surface area contributed by atoms with Crippen LogP contribution in [0, 0.1) is 13.8 Å². The number of benzene rings is 1. The van der Waals surface area contributed by atoms with E-state index in [1.54, 1.807) is 12.1 Å². The molecule has 0 aliphatic heterocycles. The number of hydrogen-bond acceptors (Lipinski definition) is 6. The van der Waals surface area contributed by atoms with E-state index in [4.69, 9.17) is 5.11 Å². The van der Waals surface area contributed by atoms with Gasteiger partial charge >= 0.3 is 5.97 Å². The van der Waals surface area contributed by atoms with E-state index in [9.17, 15) is 9.59 Å². The van der Waals surface area contributed by atoms with Crippen LogP contribution >= 0.6 is 0 Å². The fourth-order valence-electron chi connectivity index (χ4n) is 2.74. The first kappa shape index (κ1) is 18.3. The van der Waals surface area contributed by atoms with Crippen molar-refractivity contribution < 1.29 is 19.3 Å². The molecule has 140 valence electrons. The third-order valence-electron chi connectivity index (χ3n) is 4.02. The van der Waals surface area contributed by atoms with Crippen molar-refractivity contribution in [1.82, 2.24) is 25.4 Å². The second-order valence-electron chi connectivity index (χ2n) is 6.11. The number of carboxylic acid groups (broad SMARTS) is 1. The molecule has 1 amide bonds. The first-order valence-electron chi connectivity index (χ1n) is 8.42. The van der Waals surface area contributed by atoms with Crippen molar-refractivity contribution in [3.8, 4) is 5.69 Å². The predicted molar refractivity (Wildman–Crippen MR) is 94.9 cm³/mol. The van der Waals surface area contributed by atoms with Gasteiger partial charge in [-0.25, -0.2) is 14.1 Å². The summed E-state index contributed by atoms with van der Waals surface area (Å²) in [6, 6.07) is 9.15. The SMILES string of the molecule is Cc1cc(C)n(-c2ccc(C(=O)NCCCc3nonc3C(=O)O)cc2)n1. The summed E-state index contributed by atoms with van der Waals surface area (Å²) in [6.45, 7) is 4.28. The number of carbonyl (C=O) groups is 2. The first-order valence-corrected chi connectivity index (χ1v) is 8.42. The van der Waals surface area contributed by atoms with Crippen molar-refractivity contribution in [2.24, 2.45) is 0 Å². The van der Waals surface area contributed by atoms with Gasteiger partial charge in [-0.15, -0.1) is 0 Å². The summed E-state index contributed by atoms with van der Waals surface area (Å²) in [5.41, 5.74) is 3.45. The van der Waals surface area contributed by atoms with E-state index in [2.05, 4.69) is 25.4 Å². The maximum absolute atomic E-state index is 12.2. The van der Waals surface area contributed by atoms with Crippen LogP contribution in [0.4, 0.5) is 0 Å². The lowest BCUT2D eigenvalue weighted by Crippen LogP contribution is -2.24. The van der Waals surface area contributed by atoms with Crippen LogP contribution in [-0.2, 0) is 6.42 Å². The van der Waals surface area contributed by atoms with Crippen LogP contribution in [-0.4, -0.2) is 43.6 Å². The van der Waals surface area contributed by atoms with E-state index in [0.29, 0.717) is 24.9 Å². The monoisotopic (exact) mass is 369 g/mol. The zero-order valence-electron chi connectivity index (χ0n) is 15.0. The van der Waals surface area contributed by atoms with Crippen LogP contribution in [0.2, 0.25) is 0 Å². The van der Waals surface area contributed by atoms with Gasteiger partial charge in [0.1, 0.15) is 5.69 Å². The normalized spacial score (nSPS) is 10.7. The Hall–Kier alpha value is -3.49. The molecule has 0 saturated heterocycles. The summed E-state index contributed by atoms with van der Waals surface area (Å²) in [4.78, 5) is 23.1. The lowest BCUT2D eigenvalue weighted by molar-refractivity contribution is 0.0683. The second kappa shape index (κ2) is 7.81. The minimum Gasteiger partial charge on any atom is -0.476 e. The number of aryl methyl sites for hydroxylation is 3. The van der Waals surface area contributed by atoms with E-state index in [1.807, 2.05) is 36.7 Å². The summed E-state index contributed by atoms with van der Waals surface area (Å²) in [5, 5.41) is 23.1. The molecular weight excluding hydrogens is 350 g/mol. The summed E-state index contributed by atoms with van der Waals surface area (Å²) in [5.74, 6) is -1.38. The average Bonchev–Trinajstić information content (AvgIpc) is 3.24. The minimum absolute atomic E-state index is 0.193. The topological polar surface area (TPSA) is 123 Å². The molecular formula is C18H19N5O4. The van der Waals surface area contributed by atoms with Gasteiger partial charge in [0.2, 0.25) is 5.69 Å². The highest BCUT2D eigenvalue weighted by Gasteiger charge is 2.16. The van der Waals surface area contributed by atoms with Gasteiger partial charge in [0, 0.05) is 17.8 Å². The molecule has 0 bridgehead atoms.